The summed E-state index contributed by atoms with van der Waals surface area (Å²) in [5.41, 5.74) is 1.14. The molecule has 0 saturated heterocycles. The van der Waals surface area contributed by atoms with Crippen LogP contribution in [-0.4, -0.2) is 25.5 Å². The summed E-state index contributed by atoms with van der Waals surface area (Å²) in [7, 11) is 0. The van der Waals surface area contributed by atoms with Crippen molar-refractivity contribution >= 4 is 23.2 Å². The maximum atomic E-state index is 12.8. The van der Waals surface area contributed by atoms with Crippen LogP contribution in [0.2, 0.25) is 5.02 Å². The Morgan fingerprint density at radius 3 is 2.83 bits per heavy atom. The van der Waals surface area contributed by atoms with Crippen molar-refractivity contribution in [1.82, 2.24) is 19.6 Å². The first-order chi connectivity index (χ1) is 11.5. The lowest BCUT2D eigenvalue weighted by atomic mass is 10.2. The molecular weight excluding hydrogens is 340 g/mol. The minimum Gasteiger partial charge on any atom is -0.321 e. The first-order valence-electron chi connectivity index (χ1n) is 6.93. The van der Waals surface area contributed by atoms with E-state index in [1.54, 1.807) is 29.1 Å². The molecular formula is C15H12ClF2N5O. The van der Waals surface area contributed by atoms with Crippen LogP contribution in [0.5, 0.6) is 0 Å². The molecule has 0 aliphatic rings. The topological polar surface area (TPSA) is 64.7 Å². The number of carbonyl (C=O) groups excluding carboxylic acids is 1. The number of rotatable bonds is 5. The highest BCUT2D eigenvalue weighted by Crippen LogP contribution is 2.16. The molecule has 0 atom stereocenters. The van der Waals surface area contributed by atoms with Crippen molar-refractivity contribution in [1.29, 1.82) is 0 Å². The first kappa shape index (κ1) is 16.1. The van der Waals surface area contributed by atoms with E-state index in [-0.39, 0.29) is 5.69 Å². The second-order valence-corrected chi connectivity index (χ2v) is 5.39. The molecule has 24 heavy (non-hydrogen) atoms. The Hall–Kier alpha value is -2.74. The molecule has 2 aromatic heterocycles. The van der Waals surface area contributed by atoms with Crippen molar-refractivity contribution in [3.8, 4) is 0 Å². The number of anilines is 1. The van der Waals surface area contributed by atoms with Crippen molar-refractivity contribution < 1.29 is 13.6 Å². The van der Waals surface area contributed by atoms with Crippen molar-refractivity contribution in [2.75, 3.05) is 5.32 Å². The summed E-state index contributed by atoms with van der Waals surface area (Å²) in [6.45, 7) is -2.41. The summed E-state index contributed by atoms with van der Waals surface area (Å²) in [5.74, 6) is -0.660. The average molecular weight is 352 g/mol. The summed E-state index contributed by atoms with van der Waals surface area (Å²) in [6.07, 6.45) is 4.35. The Morgan fingerprint density at radius 2 is 2.12 bits per heavy atom. The smallest absolute Gasteiger partial charge is 0.321 e. The van der Waals surface area contributed by atoms with Crippen LogP contribution in [0.4, 0.5) is 14.5 Å². The number of nitrogens with one attached hydrogen (secondary N) is 1. The third-order valence-corrected chi connectivity index (χ3v) is 3.41. The summed E-state index contributed by atoms with van der Waals surface area (Å²) in [4.78, 5) is 12.1. The van der Waals surface area contributed by atoms with Gasteiger partial charge in [-0.25, -0.2) is 0 Å². The van der Waals surface area contributed by atoms with E-state index in [2.05, 4.69) is 15.5 Å². The molecule has 1 amide bonds. The molecule has 0 bridgehead atoms. The van der Waals surface area contributed by atoms with Crippen molar-refractivity contribution in [3.05, 3.63) is 65.2 Å². The molecule has 3 rings (SSSR count). The van der Waals surface area contributed by atoms with Gasteiger partial charge in [0.1, 0.15) is 5.69 Å². The summed E-state index contributed by atoms with van der Waals surface area (Å²) in [6, 6.07) is 8.24. The monoisotopic (exact) mass is 351 g/mol. The van der Waals surface area contributed by atoms with Gasteiger partial charge in [-0.1, -0.05) is 23.7 Å². The quantitative estimate of drug-likeness (QED) is 0.766. The van der Waals surface area contributed by atoms with Crippen LogP contribution in [0.1, 0.15) is 22.6 Å². The summed E-state index contributed by atoms with van der Waals surface area (Å²) in [5, 5.41) is 10.6. The van der Waals surface area contributed by atoms with Crippen molar-refractivity contribution in [2.45, 2.75) is 13.1 Å². The molecule has 0 aliphatic heterocycles. The average Bonchev–Trinajstić information content (AvgIpc) is 3.16. The van der Waals surface area contributed by atoms with Gasteiger partial charge in [-0.05, 0) is 23.8 Å². The Bertz CT molecular complexity index is 861. The van der Waals surface area contributed by atoms with E-state index in [4.69, 9.17) is 11.6 Å². The molecule has 0 unspecified atom stereocenters. The van der Waals surface area contributed by atoms with Crippen molar-refractivity contribution in [2.24, 2.45) is 0 Å². The van der Waals surface area contributed by atoms with E-state index in [1.165, 1.54) is 12.3 Å². The molecule has 1 N–H and O–H groups in total. The van der Waals surface area contributed by atoms with Crippen LogP contribution < -0.4 is 5.32 Å². The van der Waals surface area contributed by atoms with Crippen LogP contribution in [0.25, 0.3) is 0 Å². The number of carbonyl (C=O) groups is 1. The number of amides is 1. The highest BCUT2D eigenvalue weighted by Gasteiger charge is 2.18. The van der Waals surface area contributed by atoms with Crippen LogP contribution in [0, 0.1) is 0 Å². The largest absolute Gasteiger partial charge is 0.333 e. The summed E-state index contributed by atoms with van der Waals surface area (Å²) >= 11 is 5.81. The number of aromatic nitrogens is 4. The molecule has 0 aliphatic carbocycles. The molecule has 1 aromatic carbocycles. The van der Waals surface area contributed by atoms with Gasteiger partial charge < -0.3 is 5.32 Å². The van der Waals surface area contributed by atoms with Crippen molar-refractivity contribution in [3.63, 3.8) is 0 Å². The van der Waals surface area contributed by atoms with E-state index < -0.39 is 12.5 Å². The van der Waals surface area contributed by atoms with Crippen LogP contribution in [0.15, 0.2) is 48.9 Å². The van der Waals surface area contributed by atoms with Gasteiger partial charge in [0, 0.05) is 18.1 Å². The fourth-order valence-electron chi connectivity index (χ4n) is 2.20. The third kappa shape index (κ3) is 3.60. The number of nitrogens with zero attached hydrogens (tertiary/aromatic N) is 4. The molecule has 0 fully saturated rings. The fraction of sp³-hybridized carbons (Fsp3) is 0.133. The zero-order valence-electron chi connectivity index (χ0n) is 12.2. The lowest BCUT2D eigenvalue weighted by Crippen LogP contribution is -2.18. The number of alkyl halides is 2. The second-order valence-electron chi connectivity index (χ2n) is 4.95. The van der Waals surface area contributed by atoms with E-state index in [0.717, 1.165) is 11.8 Å². The molecule has 2 heterocycles. The SMILES string of the molecule is O=C(Nc1cccc(Cn2cc(Cl)cn2)c1)c1ccnn1C(F)F. The predicted molar refractivity (Wildman–Crippen MR) is 84.2 cm³/mol. The molecule has 0 spiro atoms. The van der Waals surface area contributed by atoms with Gasteiger partial charge in [0.2, 0.25) is 0 Å². The van der Waals surface area contributed by atoms with Gasteiger partial charge in [0.05, 0.1) is 17.8 Å². The standard InChI is InChI=1S/C15H12ClF2N5O/c16-11-7-20-22(9-11)8-10-2-1-3-12(6-10)21-14(24)13-4-5-19-23(13)15(17)18/h1-7,9,15H,8H2,(H,21,24). The Balaban J connectivity index is 1.74. The molecule has 0 saturated carbocycles. The van der Waals surface area contributed by atoms with E-state index in [9.17, 15) is 13.6 Å². The molecule has 124 valence electrons. The normalized spacial score (nSPS) is 11.0. The number of benzene rings is 1. The Labute approximate surface area is 140 Å². The van der Waals surface area contributed by atoms with E-state index in [1.807, 2.05) is 6.07 Å². The lowest BCUT2D eigenvalue weighted by Gasteiger charge is -2.09. The van der Waals surface area contributed by atoms with Crippen LogP contribution >= 0.6 is 11.6 Å². The number of hydrogen-bond acceptors (Lipinski definition) is 3. The second kappa shape index (κ2) is 6.79. The highest BCUT2D eigenvalue weighted by atomic mass is 35.5. The maximum absolute atomic E-state index is 12.8. The van der Waals surface area contributed by atoms with Crippen LogP contribution in [-0.2, 0) is 6.54 Å². The Morgan fingerprint density at radius 1 is 1.29 bits per heavy atom. The van der Waals surface area contributed by atoms with Crippen LogP contribution in [0.3, 0.4) is 0 Å². The minimum absolute atomic E-state index is 0.214. The molecule has 0 radical (unpaired) electrons. The van der Waals surface area contributed by atoms with Gasteiger partial charge in [-0.2, -0.15) is 23.7 Å². The lowest BCUT2D eigenvalue weighted by molar-refractivity contribution is 0.0520. The van der Waals surface area contributed by atoms with E-state index in [0.29, 0.717) is 21.9 Å². The molecule has 6 nitrogen and oxygen atoms in total. The van der Waals surface area contributed by atoms with Gasteiger partial charge in [0.25, 0.3) is 5.91 Å². The van der Waals surface area contributed by atoms with Gasteiger partial charge in [-0.3, -0.25) is 9.48 Å². The number of hydrogen-bond donors (Lipinski definition) is 1. The summed E-state index contributed by atoms with van der Waals surface area (Å²) < 4.78 is 27.6. The maximum Gasteiger partial charge on any atom is 0.333 e. The first-order valence-corrected chi connectivity index (χ1v) is 7.30. The highest BCUT2D eigenvalue weighted by molar-refractivity contribution is 6.30. The van der Waals surface area contributed by atoms with Gasteiger partial charge >= 0.3 is 6.55 Å². The molecule has 3 aromatic rings. The zero-order valence-corrected chi connectivity index (χ0v) is 13.0. The zero-order chi connectivity index (χ0) is 17.1. The van der Waals surface area contributed by atoms with E-state index >= 15 is 0 Å². The number of halogens is 3. The fourth-order valence-corrected chi connectivity index (χ4v) is 2.36. The molecule has 9 heteroatoms. The van der Waals surface area contributed by atoms with Gasteiger partial charge in [0.15, 0.2) is 0 Å². The third-order valence-electron chi connectivity index (χ3n) is 3.22. The Kier molecular flexibility index (Phi) is 4.57. The minimum atomic E-state index is -2.88. The van der Waals surface area contributed by atoms with Gasteiger partial charge in [-0.15, -0.1) is 0 Å². The predicted octanol–water partition coefficient (Wildman–Crippen LogP) is 3.43.